The largest absolute Gasteiger partial charge is 0.382 e. The van der Waals surface area contributed by atoms with E-state index >= 15 is 0 Å². The van der Waals surface area contributed by atoms with Crippen molar-refractivity contribution in [2.75, 3.05) is 5.32 Å². The number of anilines is 1. The Balaban J connectivity index is 2.12. The first kappa shape index (κ1) is 12.0. The Labute approximate surface area is 105 Å². The highest BCUT2D eigenvalue weighted by Crippen LogP contribution is 2.37. The number of terminal acetylenes is 1. The molecule has 1 N–H and O–H groups in total. The monoisotopic (exact) mass is 227 g/mol. The minimum atomic E-state index is 0.379. The maximum Gasteiger partial charge on any atom is 0.0355 e. The first-order valence-corrected chi connectivity index (χ1v) is 6.45. The van der Waals surface area contributed by atoms with Crippen molar-refractivity contribution < 1.29 is 0 Å². The van der Waals surface area contributed by atoms with E-state index in [0.717, 1.165) is 11.3 Å². The maximum absolute atomic E-state index is 5.43. The van der Waals surface area contributed by atoms with Crippen LogP contribution < -0.4 is 5.32 Å². The minimum absolute atomic E-state index is 0.379. The first-order chi connectivity index (χ1) is 8.12. The molecule has 0 bridgehead atoms. The molecule has 1 aliphatic carbocycles. The van der Waals surface area contributed by atoms with Crippen LogP contribution in [-0.4, -0.2) is 6.04 Å². The molecule has 1 unspecified atom stereocenters. The van der Waals surface area contributed by atoms with Gasteiger partial charge in [-0.3, -0.25) is 0 Å². The zero-order valence-corrected chi connectivity index (χ0v) is 10.8. The molecule has 0 heterocycles. The lowest BCUT2D eigenvalue weighted by molar-refractivity contribution is 0.217. The van der Waals surface area contributed by atoms with E-state index in [0.29, 0.717) is 11.5 Å². The Morgan fingerprint density at radius 2 is 2.18 bits per heavy atom. The van der Waals surface area contributed by atoms with Gasteiger partial charge in [0.05, 0.1) is 0 Å². The third-order valence-electron chi connectivity index (χ3n) is 3.88. The summed E-state index contributed by atoms with van der Waals surface area (Å²) in [5.41, 5.74) is 2.48. The van der Waals surface area contributed by atoms with Gasteiger partial charge in [0.2, 0.25) is 0 Å². The fourth-order valence-corrected chi connectivity index (χ4v) is 2.66. The molecule has 1 saturated carbocycles. The summed E-state index contributed by atoms with van der Waals surface area (Å²) in [4.78, 5) is 0. The second-order valence-electron chi connectivity index (χ2n) is 5.66. The average Bonchev–Trinajstić information content (AvgIpc) is 2.32. The Morgan fingerprint density at radius 1 is 1.35 bits per heavy atom. The molecule has 0 radical (unpaired) electrons. The molecular weight excluding hydrogens is 206 g/mol. The standard InChI is InChI=1S/C16H21N/c1-4-13-8-7-9-14(12-13)17-15-10-5-6-11-16(15,2)3/h1,7-9,12,15,17H,5-6,10-11H2,2-3H3. The van der Waals surface area contributed by atoms with Gasteiger partial charge in [0, 0.05) is 17.3 Å². The highest BCUT2D eigenvalue weighted by molar-refractivity contribution is 5.50. The molecule has 90 valence electrons. The quantitative estimate of drug-likeness (QED) is 0.752. The van der Waals surface area contributed by atoms with E-state index in [-0.39, 0.29) is 0 Å². The molecule has 1 nitrogen and oxygen atoms in total. The van der Waals surface area contributed by atoms with Crippen LogP contribution in [0.4, 0.5) is 5.69 Å². The van der Waals surface area contributed by atoms with Crippen LogP contribution in [0.25, 0.3) is 0 Å². The van der Waals surface area contributed by atoms with Gasteiger partial charge >= 0.3 is 0 Å². The van der Waals surface area contributed by atoms with Crippen LogP contribution in [0.1, 0.15) is 45.1 Å². The fraction of sp³-hybridized carbons (Fsp3) is 0.500. The van der Waals surface area contributed by atoms with Crippen molar-refractivity contribution in [3.8, 4) is 12.3 Å². The number of nitrogens with one attached hydrogen (secondary N) is 1. The van der Waals surface area contributed by atoms with E-state index in [2.05, 4.69) is 37.2 Å². The van der Waals surface area contributed by atoms with Gasteiger partial charge in [0.25, 0.3) is 0 Å². The molecule has 1 aromatic rings. The smallest absolute Gasteiger partial charge is 0.0355 e. The normalized spacial score (nSPS) is 22.8. The van der Waals surface area contributed by atoms with Crippen LogP contribution in [0, 0.1) is 17.8 Å². The van der Waals surface area contributed by atoms with Gasteiger partial charge in [-0.05, 0) is 36.5 Å². The van der Waals surface area contributed by atoms with Crippen molar-refractivity contribution in [3.63, 3.8) is 0 Å². The zero-order chi connectivity index (χ0) is 12.3. The van der Waals surface area contributed by atoms with Crippen LogP contribution in [-0.2, 0) is 0 Å². The molecular formula is C16H21N. The van der Waals surface area contributed by atoms with E-state index in [9.17, 15) is 0 Å². The highest BCUT2D eigenvalue weighted by Gasteiger charge is 2.31. The zero-order valence-electron chi connectivity index (χ0n) is 10.8. The first-order valence-electron chi connectivity index (χ1n) is 6.45. The molecule has 2 rings (SSSR count). The maximum atomic E-state index is 5.43. The summed E-state index contributed by atoms with van der Waals surface area (Å²) in [7, 11) is 0. The van der Waals surface area contributed by atoms with Crippen molar-refractivity contribution in [2.24, 2.45) is 5.41 Å². The average molecular weight is 227 g/mol. The van der Waals surface area contributed by atoms with Gasteiger partial charge in [0.15, 0.2) is 0 Å². The van der Waals surface area contributed by atoms with E-state index in [1.165, 1.54) is 25.7 Å². The van der Waals surface area contributed by atoms with E-state index in [1.54, 1.807) is 0 Å². The molecule has 0 saturated heterocycles. The van der Waals surface area contributed by atoms with Crippen LogP contribution in [0.15, 0.2) is 24.3 Å². The van der Waals surface area contributed by atoms with Gasteiger partial charge in [-0.1, -0.05) is 38.7 Å². The molecule has 0 spiro atoms. The van der Waals surface area contributed by atoms with Crippen molar-refractivity contribution in [2.45, 2.75) is 45.6 Å². The second-order valence-corrected chi connectivity index (χ2v) is 5.66. The van der Waals surface area contributed by atoms with Crippen LogP contribution in [0.5, 0.6) is 0 Å². The highest BCUT2D eigenvalue weighted by atomic mass is 14.9. The van der Waals surface area contributed by atoms with Crippen molar-refractivity contribution in [3.05, 3.63) is 29.8 Å². The molecule has 0 aliphatic heterocycles. The summed E-state index contributed by atoms with van der Waals surface area (Å²) in [6.07, 6.45) is 10.7. The number of benzene rings is 1. The number of rotatable bonds is 2. The Hall–Kier alpha value is -1.42. The van der Waals surface area contributed by atoms with Gasteiger partial charge in [-0.25, -0.2) is 0 Å². The van der Waals surface area contributed by atoms with Crippen molar-refractivity contribution in [1.29, 1.82) is 0 Å². The Kier molecular flexibility index (Phi) is 3.43. The lowest BCUT2D eigenvalue weighted by Crippen LogP contribution is -2.38. The summed E-state index contributed by atoms with van der Waals surface area (Å²) in [5, 5.41) is 3.65. The summed E-state index contributed by atoms with van der Waals surface area (Å²) in [5.74, 6) is 2.69. The van der Waals surface area contributed by atoms with Crippen molar-refractivity contribution >= 4 is 5.69 Å². The third-order valence-corrected chi connectivity index (χ3v) is 3.88. The Bertz CT molecular complexity index is 425. The van der Waals surface area contributed by atoms with Crippen LogP contribution >= 0.6 is 0 Å². The third kappa shape index (κ3) is 2.82. The van der Waals surface area contributed by atoms with Crippen molar-refractivity contribution in [1.82, 2.24) is 0 Å². The minimum Gasteiger partial charge on any atom is -0.382 e. The lowest BCUT2D eigenvalue weighted by Gasteiger charge is -2.39. The second kappa shape index (κ2) is 4.84. The molecule has 1 heteroatoms. The summed E-state index contributed by atoms with van der Waals surface area (Å²) < 4.78 is 0. The van der Waals surface area contributed by atoms with E-state index < -0.39 is 0 Å². The topological polar surface area (TPSA) is 12.0 Å². The summed E-state index contributed by atoms with van der Waals surface area (Å²) >= 11 is 0. The Morgan fingerprint density at radius 3 is 2.88 bits per heavy atom. The van der Waals surface area contributed by atoms with E-state index in [1.807, 2.05) is 12.1 Å². The van der Waals surface area contributed by atoms with Gasteiger partial charge < -0.3 is 5.32 Å². The molecule has 0 amide bonds. The van der Waals surface area contributed by atoms with Crippen LogP contribution in [0.3, 0.4) is 0 Å². The molecule has 17 heavy (non-hydrogen) atoms. The SMILES string of the molecule is C#Cc1cccc(NC2CCCCC2(C)C)c1. The number of hydrogen-bond acceptors (Lipinski definition) is 1. The molecule has 1 aliphatic rings. The van der Waals surface area contributed by atoms with Crippen LogP contribution in [0.2, 0.25) is 0 Å². The van der Waals surface area contributed by atoms with Gasteiger partial charge in [-0.2, -0.15) is 0 Å². The fourth-order valence-electron chi connectivity index (χ4n) is 2.66. The number of hydrogen-bond donors (Lipinski definition) is 1. The molecule has 1 aromatic carbocycles. The predicted octanol–water partition coefficient (Wildman–Crippen LogP) is 4.05. The lowest BCUT2D eigenvalue weighted by atomic mass is 9.73. The molecule has 1 atom stereocenters. The summed E-state index contributed by atoms with van der Waals surface area (Å²) in [6.45, 7) is 4.71. The predicted molar refractivity (Wildman–Crippen MR) is 74.0 cm³/mol. The van der Waals surface area contributed by atoms with E-state index in [4.69, 9.17) is 6.42 Å². The molecule has 0 aromatic heterocycles. The summed E-state index contributed by atoms with van der Waals surface area (Å²) in [6, 6.07) is 8.71. The van der Waals surface area contributed by atoms with Gasteiger partial charge in [-0.15, -0.1) is 6.42 Å². The molecule has 1 fully saturated rings. The van der Waals surface area contributed by atoms with Gasteiger partial charge in [0.1, 0.15) is 0 Å².